The third-order valence-electron chi connectivity index (χ3n) is 5.99. The molecule has 0 radical (unpaired) electrons. The topological polar surface area (TPSA) is 69.7 Å². The third-order valence-corrected chi connectivity index (χ3v) is 7.02. The second-order valence-corrected chi connectivity index (χ2v) is 9.16. The highest BCUT2D eigenvalue weighted by Gasteiger charge is 2.52. The zero-order chi connectivity index (χ0) is 21.8. The van der Waals surface area contributed by atoms with Crippen LogP contribution in [0.4, 0.5) is 5.69 Å². The van der Waals surface area contributed by atoms with Crippen molar-refractivity contribution in [3.8, 4) is 0 Å². The zero-order valence-electron chi connectivity index (χ0n) is 17.7. The van der Waals surface area contributed by atoms with Crippen molar-refractivity contribution in [1.82, 2.24) is 10.2 Å². The van der Waals surface area contributed by atoms with Gasteiger partial charge in [-0.05, 0) is 31.0 Å². The molecule has 1 fully saturated rings. The van der Waals surface area contributed by atoms with Crippen LogP contribution < -0.4 is 10.2 Å². The highest BCUT2D eigenvalue weighted by molar-refractivity contribution is 7.98. The quantitative estimate of drug-likeness (QED) is 0.643. The number of carbonyl (C=O) groups excluding carboxylic acids is 3. The van der Waals surface area contributed by atoms with E-state index < -0.39 is 5.66 Å². The Morgan fingerprint density at radius 2 is 1.84 bits per heavy atom. The first-order valence-electron chi connectivity index (χ1n) is 10.6. The lowest BCUT2D eigenvalue weighted by atomic mass is 9.98. The number of hydrogen-bond donors (Lipinski definition) is 1. The van der Waals surface area contributed by atoms with Gasteiger partial charge in [0.1, 0.15) is 5.66 Å². The second-order valence-electron chi connectivity index (χ2n) is 8.06. The Labute approximate surface area is 187 Å². The first kappa shape index (κ1) is 21.4. The molecule has 1 saturated heterocycles. The Morgan fingerprint density at radius 1 is 1.10 bits per heavy atom. The predicted molar refractivity (Wildman–Crippen MR) is 123 cm³/mol. The summed E-state index contributed by atoms with van der Waals surface area (Å²) in [5, 5.41) is 2.95. The van der Waals surface area contributed by atoms with Crippen LogP contribution in [0.25, 0.3) is 0 Å². The van der Waals surface area contributed by atoms with Gasteiger partial charge in [0, 0.05) is 37.4 Å². The predicted octanol–water partition coefficient (Wildman–Crippen LogP) is 3.43. The number of hydrogen-bond acceptors (Lipinski definition) is 4. The van der Waals surface area contributed by atoms with E-state index in [0.29, 0.717) is 30.6 Å². The summed E-state index contributed by atoms with van der Waals surface area (Å²) in [6, 6.07) is 17.5. The largest absolute Gasteiger partial charge is 0.355 e. The lowest BCUT2D eigenvalue weighted by molar-refractivity contribution is -0.121. The molecule has 162 valence electrons. The first-order valence-corrected chi connectivity index (χ1v) is 11.8. The summed E-state index contributed by atoms with van der Waals surface area (Å²) in [6.45, 7) is 2.80. The summed E-state index contributed by atoms with van der Waals surface area (Å²) >= 11 is 1.78. The Hall–Kier alpha value is -2.80. The molecule has 2 aliphatic heterocycles. The summed E-state index contributed by atoms with van der Waals surface area (Å²) in [6.07, 6.45) is 1.19. The van der Waals surface area contributed by atoms with Crippen molar-refractivity contribution in [3.05, 3.63) is 65.7 Å². The molecule has 2 aromatic carbocycles. The molecule has 0 aliphatic carbocycles. The van der Waals surface area contributed by atoms with Crippen molar-refractivity contribution in [2.45, 2.75) is 37.6 Å². The molecule has 31 heavy (non-hydrogen) atoms. The van der Waals surface area contributed by atoms with E-state index in [0.717, 1.165) is 11.5 Å². The number of anilines is 1. The van der Waals surface area contributed by atoms with Gasteiger partial charge < -0.3 is 10.2 Å². The van der Waals surface area contributed by atoms with Crippen molar-refractivity contribution in [1.29, 1.82) is 0 Å². The molecule has 0 aromatic heterocycles. The van der Waals surface area contributed by atoms with E-state index in [1.807, 2.05) is 37.3 Å². The van der Waals surface area contributed by atoms with Gasteiger partial charge >= 0.3 is 0 Å². The summed E-state index contributed by atoms with van der Waals surface area (Å²) in [5.74, 6) is 1.58. The number of amides is 3. The number of para-hydroxylation sites is 1. The average Bonchev–Trinajstić information content (AvgIpc) is 3.09. The molecule has 3 amide bonds. The van der Waals surface area contributed by atoms with Crippen molar-refractivity contribution >= 4 is 35.2 Å². The molecule has 6 nitrogen and oxygen atoms in total. The smallest absolute Gasteiger partial charge is 0.257 e. The van der Waals surface area contributed by atoms with Crippen LogP contribution in [-0.2, 0) is 15.3 Å². The molecular weight excluding hydrogens is 410 g/mol. The van der Waals surface area contributed by atoms with Gasteiger partial charge in [0.05, 0.1) is 11.3 Å². The van der Waals surface area contributed by atoms with Crippen molar-refractivity contribution in [2.75, 3.05) is 23.7 Å². The van der Waals surface area contributed by atoms with Crippen LogP contribution in [0.5, 0.6) is 0 Å². The third kappa shape index (κ3) is 4.32. The number of benzene rings is 2. The molecule has 2 aliphatic rings. The zero-order valence-corrected chi connectivity index (χ0v) is 18.5. The van der Waals surface area contributed by atoms with E-state index in [1.165, 1.54) is 5.56 Å². The number of fused-ring (bicyclic) bond motifs is 3. The highest BCUT2D eigenvalue weighted by Crippen LogP contribution is 2.43. The van der Waals surface area contributed by atoms with Gasteiger partial charge in [0.25, 0.3) is 5.91 Å². The van der Waals surface area contributed by atoms with Crippen molar-refractivity contribution < 1.29 is 14.4 Å². The van der Waals surface area contributed by atoms with Gasteiger partial charge in [-0.15, -0.1) is 0 Å². The maximum Gasteiger partial charge on any atom is 0.257 e. The van der Waals surface area contributed by atoms with E-state index >= 15 is 0 Å². The fraction of sp³-hybridized carbons (Fsp3) is 0.375. The molecule has 1 N–H and O–H groups in total. The van der Waals surface area contributed by atoms with Crippen LogP contribution >= 0.6 is 11.8 Å². The average molecular weight is 438 g/mol. The van der Waals surface area contributed by atoms with Crippen LogP contribution in [0, 0.1) is 0 Å². The maximum atomic E-state index is 13.2. The summed E-state index contributed by atoms with van der Waals surface area (Å²) in [4.78, 5) is 41.6. The van der Waals surface area contributed by atoms with E-state index in [1.54, 1.807) is 33.7 Å². The van der Waals surface area contributed by atoms with Gasteiger partial charge in [-0.3, -0.25) is 19.3 Å². The van der Waals surface area contributed by atoms with E-state index in [4.69, 9.17) is 0 Å². The molecule has 0 spiro atoms. The van der Waals surface area contributed by atoms with Gasteiger partial charge in [0.2, 0.25) is 11.8 Å². The van der Waals surface area contributed by atoms with Crippen LogP contribution in [0.2, 0.25) is 0 Å². The van der Waals surface area contributed by atoms with E-state index in [-0.39, 0.29) is 30.7 Å². The second kappa shape index (κ2) is 9.14. The van der Waals surface area contributed by atoms with Gasteiger partial charge in [0.15, 0.2) is 0 Å². The molecule has 2 heterocycles. The lowest BCUT2D eigenvalue weighted by Crippen LogP contribution is -2.62. The monoisotopic (exact) mass is 437 g/mol. The number of rotatable bonds is 8. The van der Waals surface area contributed by atoms with E-state index in [9.17, 15) is 14.4 Å². The number of thioether (sulfide) groups is 1. The SMILES string of the molecule is CC12CCC(=O)N1c1ccccc1C(=O)N2CCC(=O)NCCSCc1ccccc1. The molecule has 1 unspecified atom stereocenters. The van der Waals surface area contributed by atoms with Crippen LogP contribution in [0.1, 0.15) is 42.1 Å². The number of nitrogens with zero attached hydrogens (tertiary/aromatic N) is 2. The van der Waals surface area contributed by atoms with Crippen molar-refractivity contribution in [2.24, 2.45) is 0 Å². The van der Waals surface area contributed by atoms with Gasteiger partial charge in [-0.1, -0.05) is 42.5 Å². The molecular formula is C24H27N3O3S. The molecule has 1 atom stereocenters. The standard InChI is InChI=1S/C24H27N3O3S/c1-24-13-11-22(29)27(24)20-10-6-5-9-19(20)23(30)26(24)15-12-21(28)25-14-16-31-17-18-7-3-2-4-8-18/h2-10H,11-17H2,1H3,(H,25,28). The minimum atomic E-state index is -0.714. The Balaban J connectivity index is 1.31. The van der Waals surface area contributed by atoms with Gasteiger partial charge in [-0.2, -0.15) is 11.8 Å². The van der Waals surface area contributed by atoms with Gasteiger partial charge in [-0.25, -0.2) is 0 Å². The highest BCUT2D eigenvalue weighted by atomic mass is 32.2. The summed E-state index contributed by atoms with van der Waals surface area (Å²) < 4.78 is 0. The first-order chi connectivity index (χ1) is 15.0. The molecule has 4 rings (SSSR count). The normalized spacial score (nSPS) is 19.9. The van der Waals surface area contributed by atoms with Crippen LogP contribution in [0.3, 0.4) is 0 Å². The minimum absolute atomic E-state index is 0.0207. The number of nitrogens with one attached hydrogen (secondary N) is 1. The molecule has 0 bridgehead atoms. The van der Waals surface area contributed by atoms with E-state index in [2.05, 4.69) is 17.4 Å². The Morgan fingerprint density at radius 3 is 2.65 bits per heavy atom. The van der Waals surface area contributed by atoms with Crippen LogP contribution in [0.15, 0.2) is 54.6 Å². The fourth-order valence-corrected chi connectivity index (χ4v) is 5.19. The van der Waals surface area contributed by atoms with Crippen LogP contribution in [-0.4, -0.2) is 47.1 Å². The lowest BCUT2D eigenvalue weighted by Gasteiger charge is -2.48. The summed E-state index contributed by atoms with van der Waals surface area (Å²) in [5.41, 5.74) is 1.75. The number of carbonyl (C=O) groups is 3. The molecule has 7 heteroatoms. The summed E-state index contributed by atoms with van der Waals surface area (Å²) in [7, 11) is 0. The maximum absolute atomic E-state index is 13.2. The Bertz CT molecular complexity index is 981. The molecule has 0 saturated carbocycles. The molecule has 2 aromatic rings. The minimum Gasteiger partial charge on any atom is -0.355 e. The fourth-order valence-electron chi connectivity index (χ4n) is 4.37. The van der Waals surface area contributed by atoms with Crippen molar-refractivity contribution in [3.63, 3.8) is 0 Å². The Kier molecular flexibility index (Phi) is 6.32.